The normalized spacial score (nSPS) is 46.4. The topological polar surface area (TPSA) is 26.3 Å². The summed E-state index contributed by atoms with van der Waals surface area (Å²) in [6.45, 7) is 0.921. The zero-order valence-electron chi connectivity index (χ0n) is 5.25. The summed E-state index contributed by atoms with van der Waals surface area (Å²) >= 11 is 0. The van der Waals surface area contributed by atoms with Crippen molar-refractivity contribution in [3.63, 3.8) is 0 Å². The Kier molecular flexibility index (Phi) is 1.09. The second kappa shape index (κ2) is 1.81. The van der Waals surface area contributed by atoms with E-state index >= 15 is 0 Å². The summed E-state index contributed by atoms with van der Waals surface area (Å²) in [5.74, 6) is 1.34. The van der Waals surface area contributed by atoms with E-state index < -0.39 is 0 Å². The van der Waals surface area contributed by atoms with Crippen LogP contribution in [0.2, 0.25) is 0 Å². The van der Waals surface area contributed by atoms with Crippen molar-refractivity contribution in [2.45, 2.75) is 18.9 Å². The molecule has 2 rings (SSSR count). The highest BCUT2D eigenvalue weighted by molar-refractivity contribution is 5.51. The first-order chi connectivity index (χ1) is 4.43. The van der Waals surface area contributed by atoms with Crippen LogP contribution in [0.15, 0.2) is 0 Å². The number of fused-ring (bicyclic) bond motifs is 1. The molecule has 1 saturated carbocycles. The van der Waals surface area contributed by atoms with Crippen LogP contribution in [0.4, 0.5) is 0 Å². The van der Waals surface area contributed by atoms with Gasteiger partial charge in [-0.3, -0.25) is 0 Å². The fourth-order valence-corrected chi connectivity index (χ4v) is 1.80. The van der Waals surface area contributed by atoms with Gasteiger partial charge in [-0.1, -0.05) is 0 Å². The maximum absolute atomic E-state index is 10.0. The lowest BCUT2D eigenvalue weighted by Gasteiger charge is -1.96. The van der Waals surface area contributed by atoms with Gasteiger partial charge in [-0.25, -0.2) is 0 Å². The number of carbonyl (C=O) groups is 1. The Balaban J connectivity index is 1.87. The number of carbonyl (C=O) groups excluding carboxylic acids is 1. The van der Waals surface area contributed by atoms with E-state index in [1.807, 2.05) is 0 Å². The van der Waals surface area contributed by atoms with Gasteiger partial charge < -0.3 is 9.53 Å². The Morgan fingerprint density at radius 2 is 2.56 bits per heavy atom. The molecule has 3 atom stereocenters. The van der Waals surface area contributed by atoms with Crippen LogP contribution in [0.1, 0.15) is 12.8 Å². The molecule has 50 valence electrons. The largest absolute Gasteiger partial charge is 0.378 e. The molecular weight excluding hydrogens is 116 g/mol. The van der Waals surface area contributed by atoms with E-state index in [2.05, 4.69) is 0 Å². The smallest absolute Gasteiger partial charge is 0.120 e. The van der Waals surface area contributed by atoms with Gasteiger partial charge in [0, 0.05) is 13.0 Å². The Bertz CT molecular complexity index is 123. The SMILES string of the molecule is O=CCC1[C@H]2CCO[C@@H]12. The Morgan fingerprint density at radius 3 is 3.11 bits per heavy atom. The van der Waals surface area contributed by atoms with Gasteiger partial charge in [0.2, 0.25) is 0 Å². The first-order valence-corrected chi connectivity index (χ1v) is 3.48. The van der Waals surface area contributed by atoms with Crippen molar-refractivity contribution in [3.05, 3.63) is 0 Å². The van der Waals surface area contributed by atoms with Crippen LogP contribution in [0, 0.1) is 11.8 Å². The van der Waals surface area contributed by atoms with Gasteiger partial charge in [0.25, 0.3) is 0 Å². The predicted molar refractivity (Wildman–Crippen MR) is 32.0 cm³/mol. The van der Waals surface area contributed by atoms with Crippen molar-refractivity contribution in [2.75, 3.05) is 6.61 Å². The Morgan fingerprint density at radius 1 is 1.67 bits per heavy atom. The molecule has 0 aromatic carbocycles. The van der Waals surface area contributed by atoms with Gasteiger partial charge in [-0.2, -0.15) is 0 Å². The highest BCUT2D eigenvalue weighted by Crippen LogP contribution is 2.50. The van der Waals surface area contributed by atoms with Crippen LogP contribution < -0.4 is 0 Å². The minimum absolute atomic E-state index is 0.468. The summed E-state index contributed by atoms with van der Waals surface area (Å²) in [5.41, 5.74) is 0. The third kappa shape index (κ3) is 0.697. The zero-order chi connectivity index (χ0) is 6.27. The molecule has 0 N–H and O–H groups in total. The molecule has 0 spiro atoms. The quantitative estimate of drug-likeness (QED) is 0.507. The molecule has 1 aliphatic carbocycles. The van der Waals surface area contributed by atoms with Crippen molar-refractivity contribution in [2.24, 2.45) is 11.8 Å². The molecule has 0 aromatic heterocycles. The number of hydrogen-bond donors (Lipinski definition) is 0. The second-order valence-corrected chi connectivity index (χ2v) is 2.85. The number of aldehydes is 1. The maximum atomic E-state index is 10.0. The minimum atomic E-state index is 0.468. The molecule has 2 nitrogen and oxygen atoms in total. The lowest BCUT2D eigenvalue weighted by molar-refractivity contribution is -0.108. The number of hydrogen-bond acceptors (Lipinski definition) is 2. The first kappa shape index (κ1) is 5.42. The van der Waals surface area contributed by atoms with Crippen molar-refractivity contribution in [3.8, 4) is 0 Å². The minimum Gasteiger partial charge on any atom is -0.378 e. The molecule has 0 bridgehead atoms. The third-order valence-corrected chi connectivity index (χ3v) is 2.38. The summed E-state index contributed by atoms with van der Waals surface area (Å²) < 4.78 is 5.33. The fourth-order valence-electron chi connectivity index (χ4n) is 1.80. The second-order valence-electron chi connectivity index (χ2n) is 2.85. The molecule has 2 fully saturated rings. The van der Waals surface area contributed by atoms with Crippen LogP contribution in [0.3, 0.4) is 0 Å². The molecule has 0 radical (unpaired) electrons. The maximum Gasteiger partial charge on any atom is 0.120 e. The van der Waals surface area contributed by atoms with Crippen LogP contribution in [0.5, 0.6) is 0 Å². The number of rotatable bonds is 2. The molecule has 1 heterocycles. The molecule has 2 heteroatoms. The van der Waals surface area contributed by atoms with Crippen molar-refractivity contribution >= 4 is 6.29 Å². The van der Waals surface area contributed by atoms with Crippen LogP contribution >= 0.6 is 0 Å². The van der Waals surface area contributed by atoms with Gasteiger partial charge in [0.05, 0.1) is 6.10 Å². The predicted octanol–water partition coefficient (Wildman–Crippen LogP) is 0.610. The Hall–Kier alpha value is -0.370. The lowest BCUT2D eigenvalue weighted by Crippen LogP contribution is -1.96. The molecule has 9 heavy (non-hydrogen) atoms. The zero-order valence-corrected chi connectivity index (χ0v) is 5.25. The average Bonchev–Trinajstić information content (AvgIpc) is 2.39. The highest BCUT2D eigenvalue weighted by Gasteiger charge is 2.53. The van der Waals surface area contributed by atoms with Crippen molar-refractivity contribution in [1.29, 1.82) is 0 Å². The van der Waals surface area contributed by atoms with E-state index in [0.29, 0.717) is 12.0 Å². The molecular formula is C7H10O2. The molecule has 1 unspecified atom stereocenters. The third-order valence-electron chi connectivity index (χ3n) is 2.38. The van der Waals surface area contributed by atoms with Crippen molar-refractivity contribution in [1.82, 2.24) is 0 Å². The summed E-state index contributed by atoms with van der Waals surface area (Å²) in [6.07, 6.45) is 3.38. The van der Waals surface area contributed by atoms with Crippen LogP contribution in [-0.4, -0.2) is 19.0 Å². The van der Waals surface area contributed by atoms with Crippen LogP contribution in [0.25, 0.3) is 0 Å². The standard InChI is InChI=1S/C7H10O2/c8-3-1-5-6-2-4-9-7(5)6/h3,5-7H,1-2,4H2/t5?,6-,7+/m1/s1. The molecule has 0 aromatic rings. The average molecular weight is 126 g/mol. The molecule has 0 amide bonds. The lowest BCUT2D eigenvalue weighted by atomic mass is 10.2. The van der Waals surface area contributed by atoms with E-state index in [4.69, 9.17) is 4.74 Å². The Labute approximate surface area is 54.2 Å². The summed E-state index contributed by atoms with van der Waals surface area (Å²) in [5, 5.41) is 0. The van der Waals surface area contributed by atoms with Crippen molar-refractivity contribution < 1.29 is 9.53 Å². The van der Waals surface area contributed by atoms with Gasteiger partial charge in [-0.05, 0) is 18.3 Å². The molecule has 1 saturated heterocycles. The monoisotopic (exact) mass is 126 g/mol. The fraction of sp³-hybridized carbons (Fsp3) is 0.857. The summed E-state index contributed by atoms with van der Waals surface area (Å²) in [4.78, 5) is 10.0. The van der Waals surface area contributed by atoms with Gasteiger partial charge in [-0.15, -0.1) is 0 Å². The van der Waals surface area contributed by atoms with Gasteiger partial charge >= 0.3 is 0 Å². The summed E-state index contributed by atoms with van der Waals surface area (Å²) in [6, 6.07) is 0. The van der Waals surface area contributed by atoms with E-state index in [1.165, 1.54) is 6.42 Å². The van der Waals surface area contributed by atoms with Gasteiger partial charge in [0.15, 0.2) is 0 Å². The molecule has 1 aliphatic heterocycles. The van der Waals surface area contributed by atoms with E-state index in [0.717, 1.165) is 25.2 Å². The summed E-state index contributed by atoms with van der Waals surface area (Å²) in [7, 11) is 0. The first-order valence-electron chi connectivity index (χ1n) is 3.48. The van der Waals surface area contributed by atoms with E-state index in [-0.39, 0.29) is 0 Å². The van der Waals surface area contributed by atoms with Gasteiger partial charge in [0.1, 0.15) is 6.29 Å². The van der Waals surface area contributed by atoms with E-state index in [1.54, 1.807) is 0 Å². The highest BCUT2D eigenvalue weighted by atomic mass is 16.5. The van der Waals surface area contributed by atoms with E-state index in [9.17, 15) is 4.79 Å². The number of ether oxygens (including phenoxy) is 1. The molecule has 2 aliphatic rings. The van der Waals surface area contributed by atoms with Crippen LogP contribution in [-0.2, 0) is 9.53 Å².